The minimum absolute atomic E-state index is 0.0891. The number of phenolic OH excluding ortho intramolecular Hbond substituents is 1. The summed E-state index contributed by atoms with van der Waals surface area (Å²) in [7, 11) is 1.51. The van der Waals surface area contributed by atoms with Crippen molar-refractivity contribution in [3.63, 3.8) is 0 Å². The number of amides is 1. The van der Waals surface area contributed by atoms with Crippen molar-refractivity contribution >= 4 is 11.6 Å². The van der Waals surface area contributed by atoms with Crippen LogP contribution < -0.4 is 10.1 Å². The summed E-state index contributed by atoms with van der Waals surface area (Å²) in [5.74, 6) is 1.17. The third kappa shape index (κ3) is 4.97. The Labute approximate surface area is 167 Å². The number of carbonyl (C=O) groups excluding carboxylic acids is 1. The van der Waals surface area contributed by atoms with Crippen LogP contribution in [0.3, 0.4) is 0 Å². The van der Waals surface area contributed by atoms with Crippen LogP contribution in [0, 0.1) is 5.92 Å². The molecule has 28 heavy (non-hydrogen) atoms. The van der Waals surface area contributed by atoms with Crippen LogP contribution in [0.15, 0.2) is 48.5 Å². The van der Waals surface area contributed by atoms with Crippen LogP contribution in [0.2, 0.25) is 0 Å². The van der Waals surface area contributed by atoms with Gasteiger partial charge in [0.2, 0.25) is 5.91 Å². The molecule has 2 aromatic rings. The predicted octanol–water partition coefficient (Wildman–Crippen LogP) is 4.07. The number of anilines is 1. The van der Waals surface area contributed by atoms with Crippen LogP contribution in [-0.2, 0) is 11.2 Å². The first-order valence-corrected chi connectivity index (χ1v) is 10.1. The number of aromatic hydroxyl groups is 1. The summed E-state index contributed by atoms with van der Waals surface area (Å²) in [6.07, 6.45) is 3.65. The van der Waals surface area contributed by atoms with Gasteiger partial charge in [0.15, 0.2) is 11.5 Å². The molecule has 5 heteroatoms. The fraction of sp³-hybridized carbons (Fsp3) is 0.435. The molecule has 3 rings (SSSR count). The fourth-order valence-corrected chi connectivity index (χ4v) is 3.97. The summed E-state index contributed by atoms with van der Waals surface area (Å²) in [5, 5.41) is 13.4. The maximum atomic E-state index is 12.9. The third-order valence-electron chi connectivity index (χ3n) is 5.49. The van der Waals surface area contributed by atoms with Crippen molar-refractivity contribution in [1.82, 2.24) is 4.90 Å². The molecule has 150 valence electrons. The summed E-state index contributed by atoms with van der Waals surface area (Å²) < 4.78 is 5.15. The molecule has 0 radical (unpaired) electrons. The number of benzene rings is 2. The lowest BCUT2D eigenvalue weighted by atomic mass is 9.87. The van der Waals surface area contributed by atoms with Gasteiger partial charge in [-0.05, 0) is 48.6 Å². The van der Waals surface area contributed by atoms with Gasteiger partial charge in [-0.25, -0.2) is 0 Å². The number of hydrogen-bond acceptors (Lipinski definition) is 4. The Kier molecular flexibility index (Phi) is 6.80. The monoisotopic (exact) mass is 382 g/mol. The van der Waals surface area contributed by atoms with E-state index in [1.807, 2.05) is 23.1 Å². The number of para-hydroxylation sites is 1. The Balaban J connectivity index is 1.67. The second-order valence-corrected chi connectivity index (χ2v) is 7.48. The minimum atomic E-state index is 0.0891. The van der Waals surface area contributed by atoms with E-state index in [9.17, 15) is 9.90 Å². The first kappa shape index (κ1) is 20.1. The molecule has 0 bridgehead atoms. The Morgan fingerprint density at radius 3 is 2.75 bits per heavy atom. The molecule has 2 N–H and O–H groups in total. The molecule has 1 amide bonds. The number of piperidine rings is 1. The molecule has 1 saturated heterocycles. The zero-order chi connectivity index (χ0) is 19.9. The van der Waals surface area contributed by atoms with Crippen molar-refractivity contribution in [3.8, 4) is 11.5 Å². The number of methoxy groups -OCH3 is 1. The van der Waals surface area contributed by atoms with Gasteiger partial charge in [-0.2, -0.15) is 0 Å². The highest BCUT2D eigenvalue weighted by molar-refractivity contribution is 5.79. The molecular weight excluding hydrogens is 352 g/mol. The van der Waals surface area contributed by atoms with E-state index < -0.39 is 0 Å². The number of ether oxygens (including phenoxy) is 1. The fourth-order valence-electron chi connectivity index (χ4n) is 3.97. The van der Waals surface area contributed by atoms with Gasteiger partial charge in [-0.15, -0.1) is 0 Å². The van der Waals surface area contributed by atoms with Crippen molar-refractivity contribution in [2.24, 2.45) is 5.92 Å². The zero-order valence-electron chi connectivity index (χ0n) is 16.7. The normalized spacial score (nSPS) is 19.3. The van der Waals surface area contributed by atoms with Gasteiger partial charge < -0.3 is 20.1 Å². The number of carbonyl (C=O) groups is 1. The number of rotatable bonds is 7. The molecule has 0 spiro atoms. The van der Waals surface area contributed by atoms with Crippen molar-refractivity contribution in [2.75, 3.05) is 25.5 Å². The van der Waals surface area contributed by atoms with Gasteiger partial charge in [0.05, 0.1) is 13.5 Å². The van der Waals surface area contributed by atoms with Crippen molar-refractivity contribution in [3.05, 3.63) is 54.1 Å². The van der Waals surface area contributed by atoms with E-state index in [2.05, 4.69) is 24.4 Å². The van der Waals surface area contributed by atoms with Crippen LogP contribution in [0.4, 0.5) is 5.69 Å². The number of likely N-dealkylation sites (tertiary alicyclic amines) is 1. The Morgan fingerprint density at radius 2 is 2.04 bits per heavy atom. The topological polar surface area (TPSA) is 61.8 Å². The molecule has 0 saturated carbocycles. The summed E-state index contributed by atoms with van der Waals surface area (Å²) in [6.45, 7) is 3.73. The molecule has 1 aliphatic heterocycles. The van der Waals surface area contributed by atoms with E-state index in [4.69, 9.17) is 4.74 Å². The Bertz CT molecular complexity index is 779. The SMILES string of the molecule is CCC[C@H]1CCN(C(=O)Cc2ccc(O)c(OC)c2)C[C@H]1Nc1ccccc1. The standard InChI is InChI=1S/C23H30N2O3/c1-3-7-18-12-13-25(16-20(18)24-19-8-5-4-6-9-19)23(27)15-17-10-11-21(26)22(14-17)28-2/h4-6,8-11,14,18,20,24,26H,3,7,12-13,15-16H2,1-2H3/t18-,20+/m0/s1. The first-order valence-electron chi connectivity index (χ1n) is 10.1. The average Bonchev–Trinajstić information content (AvgIpc) is 2.71. The zero-order valence-corrected chi connectivity index (χ0v) is 16.7. The molecule has 0 unspecified atom stereocenters. The van der Waals surface area contributed by atoms with Gasteiger partial charge in [0.1, 0.15) is 0 Å². The van der Waals surface area contributed by atoms with E-state index in [0.717, 1.165) is 30.6 Å². The molecule has 0 aromatic heterocycles. The molecular formula is C23H30N2O3. The van der Waals surface area contributed by atoms with Crippen LogP contribution in [0.5, 0.6) is 11.5 Å². The molecule has 1 heterocycles. The van der Waals surface area contributed by atoms with E-state index in [1.54, 1.807) is 18.2 Å². The van der Waals surface area contributed by atoms with Crippen LogP contribution in [0.25, 0.3) is 0 Å². The molecule has 2 aromatic carbocycles. The number of nitrogens with one attached hydrogen (secondary N) is 1. The van der Waals surface area contributed by atoms with E-state index >= 15 is 0 Å². The maximum absolute atomic E-state index is 12.9. The highest BCUT2D eigenvalue weighted by Crippen LogP contribution is 2.28. The van der Waals surface area contributed by atoms with Gasteiger partial charge in [0.25, 0.3) is 0 Å². The first-order chi connectivity index (χ1) is 13.6. The summed E-state index contributed by atoms with van der Waals surface area (Å²) in [5.41, 5.74) is 1.95. The summed E-state index contributed by atoms with van der Waals surface area (Å²) in [6, 6.07) is 15.6. The second-order valence-electron chi connectivity index (χ2n) is 7.48. The lowest BCUT2D eigenvalue weighted by Gasteiger charge is -2.39. The van der Waals surface area contributed by atoms with Gasteiger partial charge in [-0.1, -0.05) is 37.6 Å². The molecule has 5 nitrogen and oxygen atoms in total. The Hall–Kier alpha value is -2.69. The quantitative estimate of drug-likeness (QED) is 0.758. The van der Waals surface area contributed by atoms with Crippen molar-refractivity contribution in [2.45, 2.75) is 38.6 Å². The second kappa shape index (κ2) is 9.49. The van der Waals surface area contributed by atoms with Gasteiger partial charge in [-0.3, -0.25) is 4.79 Å². The minimum Gasteiger partial charge on any atom is -0.504 e. The van der Waals surface area contributed by atoms with Crippen LogP contribution in [-0.4, -0.2) is 42.2 Å². The lowest BCUT2D eigenvalue weighted by Crippen LogP contribution is -2.50. The number of phenols is 1. The Morgan fingerprint density at radius 1 is 1.25 bits per heavy atom. The van der Waals surface area contributed by atoms with E-state index in [0.29, 0.717) is 24.6 Å². The highest BCUT2D eigenvalue weighted by atomic mass is 16.5. The molecule has 2 atom stereocenters. The lowest BCUT2D eigenvalue weighted by molar-refractivity contribution is -0.132. The predicted molar refractivity (Wildman–Crippen MR) is 112 cm³/mol. The number of nitrogens with zero attached hydrogens (tertiary/aromatic N) is 1. The van der Waals surface area contributed by atoms with Crippen LogP contribution >= 0.6 is 0 Å². The van der Waals surface area contributed by atoms with Gasteiger partial charge in [0, 0.05) is 24.8 Å². The van der Waals surface area contributed by atoms with Crippen molar-refractivity contribution in [1.29, 1.82) is 0 Å². The smallest absolute Gasteiger partial charge is 0.227 e. The average molecular weight is 383 g/mol. The van der Waals surface area contributed by atoms with E-state index in [1.165, 1.54) is 13.5 Å². The summed E-state index contributed by atoms with van der Waals surface area (Å²) in [4.78, 5) is 14.9. The third-order valence-corrected chi connectivity index (χ3v) is 5.49. The number of hydrogen-bond donors (Lipinski definition) is 2. The molecule has 1 fully saturated rings. The highest BCUT2D eigenvalue weighted by Gasteiger charge is 2.31. The summed E-state index contributed by atoms with van der Waals surface area (Å²) >= 11 is 0. The molecule has 1 aliphatic rings. The van der Waals surface area contributed by atoms with Crippen LogP contribution in [0.1, 0.15) is 31.7 Å². The maximum Gasteiger partial charge on any atom is 0.227 e. The van der Waals surface area contributed by atoms with Gasteiger partial charge >= 0.3 is 0 Å². The molecule has 0 aliphatic carbocycles. The largest absolute Gasteiger partial charge is 0.504 e. The van der Waals surface area contributed by atoms with E-state index in [-0.39, 0.29) is 17.7 Å². The van der Waals surface area contributed by atoms with Crippen molar-refractivity contribution < 1.29 is 14.6 Å².